The highest BCUT2D eigenvalue weighted by Gasteiger charge is 2.50. The normalized spacial score (nSPS) is 11.6. The number of aryl methyl sites for hydroxylation is 3. The van der Waals surface area contributed by atoms with E-state index < -0.39 is 15.6 Å². The van der Waals surface area contributed by atoms with Crippen LogP contribution >= 0.6 is 7.26 Å². The van der Waals surface area contributed by atoms with Crippen LogP contribution in [0.1, 0.15) is 16.7 Å². The van der Waals surface area contributed by atoms with E-state index in [1.165, 1.54) is 32.6 Å². The van der Waals surface area contributed by atoms with E-state index >= 15 is 0 Å². The number of ether oxygens (including phenoxy) is 1. The summed E-state index contributed by atoms with van der Waals surface area (Å²) in [5.74, 6) is 1.02. The number of aromatic hydroxyl groups is 1. The summed E-state index contributed by atoms with van der Waals surface area (Å²) >= 11 is 0. The van der Waals surface area contributed by atoms with Gasteiger partial charge in [-0.3, -0.25) is 0 Å². The van der Waals surface area contributed by atoms with Crippen molar-refractivity contribution >= 4 is 36.8 Å². The van der Waals surface area contributed by atoms with Crippen LogP contribution in [0.15, 0.2) is 91.0 Å². The number of hydrogen-bond donors (Lipinski definition) is 1. The maximum absolute atomic E-state index is 10.8. The number of rotatable bonds is 8. The first-order chi connectivity index (χ1) is 17.2. The third kappa shape index (κ3) is 6.18. The Bertz CT molecular complexity index is 1210. The second-order valence-corrected chi connectivity index (χ2v) is 17.7. The number of phenols is 1. The Kier molecular flexibility index (Phi) is 9.41. The first-order valence-corrected chi connectivity index (χ1v) is 17.2. The molecular weight excluding hydrogens is 559 g/mol. The summed E-state index contributed by atoms with van der Waals surface area (Å²) < 4.78 is 12.3. The second-order valence-electron chi connectivity index (χ2n) is 10.1. The van der Waals surface area contributed by atoms with Crippen LogP contribution < -0.4 is 42.9 Å². The SMILES string of the molecule is CO[Si](C)(C)COc1ccc(O)cc1[P+](c1ccc(C)cc1)(c1ccc(C)cc1)c1ccc(C)cc1.[Br-]. The van der Waals surface area contributed by atoms with Crippen LogP contribution in [-0.4, -0.2) is 26.8 Å². The highest BCUT2D eigenvalue weighted by molar-refractivity contribution is 8.01. The Morgan fingerprint density at radius 2 is 1.08 bits per heavy atom. The number of halogens is 1. The summed E-state index contributed by atoms with van der Waals surface area (Å²) in [5.41, 5.74) is 3.64. The lowest BCUT2D eigenvalue weighted by Gasteiger charge is -2.30. The zero-order chi connectivity index (χ0) is 25.9. The average molecular weight is 596 g/mol. The molecule has 0 aliphatic heterocycles. The second kappa shape index (κ2) is 12.0. The Hall–Kier alpha value is -2.43. The average Bonchev–Trinajstić information content (AvgIpc) is 2.87. The van der Waals surface area contributed by atoms with E-state index in [-0.39, 0.29) is 22.7 Å². The smallest absolute Gasteiger partial charge is 0.224 e. The molecule has 0 fully saturated rings. The summed E-state index contributed by atoms with van der Waals surface area (Å²) in [7, 11) is -2.66. The Morgan fingerprint density at radius 3 is 1.46 bits per heavy atom. The minimum absolute atomic E-state index is 0. The number of phenolic OH excluding ortho intramolecular Hbond substituents is 1. The third-order valence-corrected chi connectivity index (χ3v) is 12.9. The molecule has 0 aromatic heterocycles. The molecule has 0 bridgehead atoms. The van der Waals surface area contributed by atoms with Crippen LogP contribution in [0.4, 0.5) is 0 Å². The van der Waals surface area contributed by atoms with Gasteiger partial charge in [-0.15, -0.1) is 0 Å². The zero-order valence-corrected chi connectivity index (χ0v) is 25.9. The monoisotopic (exact) mass is 594 g/mol. The molecule has 4 aromatic rings. The fourth-order valence-electron chi connectivity index (χ4n) is 4.37. The van der Waals surface area contributed by atoms with E-state index in [4.69, 9.17) is 9.16 Å². The van der Waals surface area contributed by atoms with E-state index in [1.54, 1.807) is 13.2 Å². The topological polar surface area (TPSA) is 38.7 Å². The van der Waals surface area contributed by atoms with E-state index in [0.717, 1.165) is 11.1 Å². The van der Waals surface area contributed by atoms with Gasteiger partial charge in [0.1, 0.15) is 35.2 Å². The van der Waals surface area contributed by atoms with Crippen LogP contribution in [0.3, 0.4) is 0 Å². The van der Waals surface area contributed by atoms with Crippen LogP contribution in [0.2, 0.25) is 13.1 Å². The largest absolute Gasteiger partial charge is 1.00 e. The van der Waals surface area contributed by atoms with Gasteiger partial charge in [0.15, 0.2) is 11.1 Å². The molecule has 0 amide bonds. The highest BCUT2D eigenvalue weighted by atomic mass is 79.9. The van der Waals surface area contributed by atoms with Gasteiger partial charge in [-0.25, -0.2) is 0 Å². The zero-order valence-electron chi connectivity index (χ0n) is 22.5. The molecule has 4 aromatic carbocycles. The van der Waals surface area contributed by atoms with Gasteiger partial charge in [0.05, 0.1) is 0 Å². The Labute approximate surface area is 233 Å². The molecule has 4 rings (SSSR count). The van der Waals surface area contributed by atoms with Gasteiger partial charge in [-0.1, -0.05) is 53.1 Å². The molecule has 0 aliphatic rings. The van der Waals surface area contributed by atoms with Crippen molar-refractivity contribution in [1.82, 2.24) is 0 Å². The highest BCUT2D eigenvalue weighted by Crippen LogP contribution is 2.56. The summed E-state index contributed by atoms with van der Waals surface area (Å²) in [6, 6.07) is 32.0. The molecule has 0 aliphatic carbocycles. The van der Waals surface area contributed by atoms with Crippen molar-refractivity contribution in [3.63, 3.8) is 0 Å². The van der Waals surface area contributed by atoms with Gasteiger partial charge >= 0.3 is 0 Å². The minimum Gasteiger partial charge on any atom is -1.00 e. The van der Waals surface area contributed by atoms with Gasteiger partial charge in [-0.2, -0.15) is 0 Å². The molecular formula is C31H36BrO3PSi. The van der Waals surface area contributed by atoms with Crippen LogP contribution in [0.5, 0.6) is 11.5 Å². The van der Waals surface area contributed by atoms with Crippen molar-refractivity contribution in [2.45, 2.75) is 33.9 Å². The van der Waals surface area contributed by atoms with E-state index in [1.807, 2.05) is 12.1 Å². The van der Waals surface area contributed by atoms with E-state index in [2.05, 4.69) is 107 Å². The van der Waals surface area contributed by atoms with Crippen molar-refractivity contribution in [2.75, 3.05) is 13.3 Å². The van der Waals surface area contributed by atoms with E-state index in [0.29, 0.717) is 6.23 Å². The molecule has 0 radical (unpaired) electrons. The summed E-state index contributed by atoms with van der Waals surface area (Å²) in [5, 5.41) is 15.5. The number of hydrogen-bond acceptors (Lipinski definition) is 3. The lowest BCUT2D eigenvalue weighted by atomic mass is 10.2. The lowest BCUT2D eigenvalue weighted by molar-refractivity contribution is -0.00000938. The third-order valence-electron chi connectivity index (χ3n) is 6.70. The summed E-state index contributed by atoms with van der Waals surface area (Å²) in [6.45, 7) is 10.6. The molecule has 0 unspecified atom stereocenters. The summed E-state index contributed by atoms with van der Waals surface area (Å²) in [4.78, 5) is 0. The molecule has 0 atom stereocenters. The molecule has 6 heteroatoms. The van der Waals surface area contributed by atoms with Crippen LogP contribution in [0, 0.1) is 20.8 Å². The Morgan fingerprint density at radius 1 is 0.676 bits per heavy atom. The predicted molar refractivity (Wildman–Crippen MR) is 157 cm³/mol. The van der Waals surface area contributed by atoms with Gasteiger partial charge in [0, 0.05) is 13.2 Å². The standard InChI is InChI=1S/C31H35O3PSi.BrH/c1-23-7-14-27(15-8-23)35(28-16-9-24(2)10-17-28,29-18-11-25(3)12-19-29)31-21-26(32)13-20-30(31)34-22-36(5,6)33-4;/h7-21H,22H2,1-6H3;1H. The van der Waals surface area contributed by atoms with E-state index in [9.17, 15) is 5.11 Å². The first kappa shape index (κ1) is 29.1. The van der Waals surface area contributed by atoms with Crippen molar-refractivity contribution < 1.29 is 31.3 Å². The maximum atomic E-state index is 10.8. The minimum atomic E-state index is -2.43. The van der Waals surface area contributed by atoms with Gasteiger partial charge in [-0.05, 0) is 82.4 Å². The van der Waals surface area contributed by atoms with Gasteiger partial charge in [0.25, 0.3) is 0 Å². The predicted octanol–water partition coefficient (Wildman–Crippen LogP) is 2.71. The molecule has 3 nitrogen and oxygen atoms in total. The molecule has 37 heavy (non-hydrogen) atoms. The lowest BCUT2D eigenvalue weighted by Crippen LogP contribution is -3.00. The van der Waals surface area contributed by atoms with Gasteiger partial charge < -0.3 is 31.3 Å². The van der Waals surface area contributed by atoms with Crippen LogP contribution in [-0.2, 0) is 4.43 Å². The molecule has 0 saturated heterocycles. The molecule has 194 valence electrons. The van der Waals surface area contributed by atoms with Crippen molar-refractivity contribution in [3.05, 3.63) is 108 Å². The summed E-state index contributed by atoms with van der Waals surface area (Å²) in [6.07, 6.45) is 0.525. The van der Waals surface area contributed by atoms with Crippen molar-refractivity contribution in [3.8, 4) is 11.5 Å². The fraction of sp³-hybridized carbons (Fsp3) is 0.226. The quantitative estimate of drug-likeness (QED) is 0.252. The first-order valence-electron chi connectivity index (χ1n) is 12.3. The van der Waals surface area contributed by atoms with Crippen LogP contribution in [0.25, 0.3) is 0 Å². The molecule has 0 saturated carbocycles. The van der Waals surface area contributed by atoms with Crippen molar-refractivity contribution in [1.29, 1.82) is 0 Å². The molecule has 1 N–H and O–H groups in total. The fourth-order valence-corrected chi connectivity index (χ4v) is 9.30. The molecule has 0 heterocycles. The van der Waals surface area contributed by atoms with Gasteiger partial charge in [0.2, 0.25) is 8.32 Å². The Balaban J connectivity index is 0.00000380. The van der Waals surface area contributed by atoms with Crippen molar-refractivity contribution in [2.24, 2.45) is 0 Å². The maximum Gasteiger partial charge on any atom is 0.224 e. The number of benzene rings is 4. The molecule has 0 spiro atoms.